The van der Waals surface area contributed by atoms with E-state index in [2.05, 4.69) is 0 Å². The largest absolute Gasteiger partial charge is 0.457 e. The van der Waals surface area contributed by atoms with Gasteiger partial charge in [-0.3, -0.25) is 10.1 Å². The molecule has 1 aromatic carbocycles. The summed E-state index contributed by atoms with van der Waals surface area (Å²) in [7, 11) is 0. The third kappa shape index (κ3) is 1.13. The lowest BCUT2D eigenvalue weighted by Crippen LogP contribution is -2.14. The topological polar surface area (TPSA) is 72.6 Å². The second kappa shape index (κ2) is 2.95. The van der Waals surface area contributed by atoms with Crippen molar-refractivity contribution in [1.29, 1.82) is 0 Å². The maximum Gasteiger partial charge on any atom is 0.311 e. The zero-order chi connectivity index (χ0) is 10.3. The molecule has 1 N–H and O–H groups in total. The molecule has 0 amide bonds. The van der Waals surface area contributed by atoms with Crippen molar-refractivity contribution in [3.05, 3.63) is 33.9 Å². The fourth-order valence-corrected chi connectivity index (χ4v) is 1.55. The van der Waals surface area contributed by atoms with E-state index >= 15 is 0 Å². The van der Waals surface area contributed by atoms with Crippen LogP contribution in [0.2, 0.25) is 0 Å². The number of benzene rings is 1. The number of hydrogen-bond donors (Lipinski definition) is 1. The lowest BCUT2D eigenvalue weighted by atomic mass is 10.0. The molecule has 0 aromatic heterocycles. The molecular formula is C9H9NO4. The number of nitro benzene ring substituents is 1. The van der Waals surface area contributed by atoms with E-state index in [1.54, 1.807) is 19.1 Å². The number of rotatable bonds is 1. The Morgan fingerprint density at radius 2 is 2.29 bits per heavy atom. The van der Waals surface area contributed by atoms with Gasteiger partial charge in [0.1, 0.15) is 0 Å². The molecule has 0 saturated heterocycles. The Bertz CT molecular complexity index is 390. The van der Waals surface area contributed by atoms with Crippen LogP contribution in [0, 0.1) is 10.1 Å². The third-order valence-corrected chi connectivity index (χ3v) is 2.38. The quantitative estimate of drug-likeness (QED) is 0.543. The number of nitro groups is 1. The monoisotopic (exact) mass is 195 g/mol. The van der Waals surface area contributed by atoms with Crippen LogP contribution in [0.15, 0.2) is 18.2 Å². The van der Waals surface area contributed by atoms with Crippen molar-refractivity contribution in [2.45, 2.75) is 19.1 Å². The van der Waals surface area contributed by atoms with Crippen LogP contribution in [0.25, 0.3) is 0 Å². The summed E-state index contributed by atoms with van der Waals surface area (Å²) in [6.45, 7) is 1.76. The molecule has 14 heavy (non-hydrogen) atoms. The first-order valence-electron chi connectivity index (χ1n) is 4.23. The highest BCUT2D eigenvalue weighted by molar-refractivity contribution is 5.55. The SMILES string of the molecule is C[C@@H]1c2cccc([N+](=O)[O-])c2O[C@H]1O. The average Bonchev–Trinajstić information content (AvgIpc) is 2.43. The number of ether oxygens (including phenoxy) is 1. The van der Waals surface area contributed by atoms with E-state index in [0.717, 1.165) is 0 Å². The van der Waals surface area contributed by atoms with Crippen LogP contribution >= 0.6 is 0 Å². The van der Waals surface area contributed by atoms with E-state index in [9.17, 15) is 15.2 Å². The van der Waals surface area contributed by atoms with E-state index in [-0.39, 0.29) is 17.4 Å². The van der Waals surface area contributed by atoms with E-state index in [4.69, 9.17) is 4.74 Å². The minimum Gasteiger partial charge on any atom is -0.457 e. The van der Waals surface area contributed by atoms with Gasteiger partial charge in [-0.2, -0.15) is 0 Å². The predicted octanol–water partition coefficient (Wildman–Crippen LogP) is 1.41. The van der Waals surface area contributed by atoms with Crippen LogP contribution in [0.1, 0.15) is 18.4 Å². The summed E-state index contributed by atoms with van der Waals surface area (Å²) in [5, 5.41) is 20.0. The molecule has 0 bridgehead atoms. The second-order valence-electron chi connectivity index (χ2n) is 3.25. The van der Waals surface area contributed by atoms with Crippen LogP contribution in [0.3, 0.4) is 0 Å². The Morgan fingerprint density at radius 1 is 1.57 bits per heavy atom. The summed E-state index contributed by atoms with van der Waals surface area (Å²) in [6, 6.07) is 4.68. The van der Waals surface area contributed by atoms with Gasteiger partial charge in [0, 0.05) is 17.5 Å². The summed E-state index contributed by atoms with van der Waals surface area (Å²) >= 11 is 0. The Kier molecular flexibility index (Phi) is 1.89. The average molecular weight is 195 g/mol. The van der Waals surface area contributed by atoms with Gasteiger partial charge in [0.05, 0.1) is 4.92 Å². The zero-order valence-electron chi connectivity index (χ0n) is 7.51. The molecule has 1 aliphatic rings. The fraction of sp³-hybridized carbons (Fsp3) is 0.333. The molecule has 0 fully saturated rings. The Labute approximate surface area is 80.1 Å². The molecule has 1 aromatic rings. The first-order valence-corrected chi connectivity index (χ1v) is 4.23. The maximum atomic E-state index is 10.6. The Morgan fingerprint density at radius 3 is 2.93 bits per heavy atom. The van der Waals surface area contributed by atoms with E-state index in [1.807, 2.05) is 0 Å². The molecule has 0 saturated carbocycles. The molecular weight excluding hydrogens is 186 g/mol. The van der Waals surface area contributed by atoms with Gasteiger partial charge >= 0.3 is 5.69 Å². The molecule has 0 radical (unpaired) electrons. The molecule has 2 rings (SSSR count). The number of nitrogens with zero attached hydrogens (tertiary/aromatic N) is 1. The van der Waals surface area contributed by atoms with Crippen molar-refractivity contribution in [1.82, 2.24) is 0 Å². The molecule has 0 aliphatic carbocycles. The van der Waals surface area contributed by atoms with Crippen LogP contribution in [0.5, 0.6) is 5.75 Å². The summed E-state index contributed by atoms with van der Waals surface area (Å²) in [5.41, 5.74) is 0.595. The van der Waals surface area contributed by atoms with E-state index in [1.165, 1.54) is 6.07 Å². The van der Waals surface area contributed by atoms with Crippen molar-refractivity contribution >= 4 is 5.69 Å². The number of aliphatic hydroxyl groups excluding tert-OH is 1. The van der Waals surface area contributed by atoms with Gasteiger partial charge in [-0.1, -0.05) is 19.1 Å². The summed E-state index contributed by atoms with van der Waals surface area (Å²) in [4.78, 5) is 10.1. The highest BCUT2D eigenvalue weighted by Crippen LogP contribution is 2.42. The first-order chi connectivity index (χ1) is 6.61. The van der Waals surface area contributed by atoms with Gasteiger partial charge in [0.15, 0.2) is 0 Å². The van der Waals surface area contributed by atoms with Crippen LogP contribution in [0.4, 0.5) is 5.69 Å². The minimum absolute atomic E-state index is 0.0918. The van der Waals surface area contributed by atoms with Crippen molar-refractivity contribution in [3.8, 4) is 5.75 Å². The summed E-state index contributed by atoms with van der Waals surface area (Å²) < 4.78 is 5.03. The van der Waals surface area contributed by atoms with Crippen molar-refractivity contribution in [2.75, 3.05) is 0 Å². The smallest absolute Gasteiger partial charge is 0.311 e. The third-order valence-electron chi connectivity index (χ3n) is 2.38. The van der Waals surface area contributed by atoms with Gasteiger partial charge < -0.3 is 9.84 Å². The standard InChI is InChI=1S/C9H9NO4/c1-5-6-3-2-4-7(10(12)13)8(6)14-9(5)11/h2-5,9,11H,1H3/t5-,9-/m1/s1. The Hall–Kier alpha value is -1.62. The van der Waals surface area contributed by atoms with Crippen molar-refractivity contribution in [2.24, 2.45) is 0 Å². The van der Waals surface area contributed by atoms with Gasteiger partial charge in [-0.25, -0.2) is 0 Å². The minimum atomic E-state index is -0.980. The molecule has 1 heterocycles. The second-order valence-corrected chi connectivity index (χ2v) is 3.25. The number of aliphatic hydroxyl groups is 1. The maximum absolute atomic E-state index is 10.6. The molecule has 5 heteroatoms. The number of para-hydroxylation sites is 1. The molecule has 0 spiro atoms. The number of fused-ring (bicyclic) bond motifs is 1. The lowest BCUT2D eigenvalue weighted by molar-refractivity contribution is -0.386. The molecule has 74 valence electrons. The molecule has 1 aliphatic heterocycles. The van der Waals surface area contributed by atoms with Gasteiger partial charge in [-0.15, -0.1) is 0 Å². The highest BCUT2D eigenvalue weighted by Gasteiger charge is 2.34. The van der Waals surface area contributed by atoms with E-state index < -0.39 is 11.2 Å². The first kappa shape index (κ1) is 8.96. The van der Waals surface area contributed by atoms with Crippen LogP contribution in [-0.4, -0.2) is 16.3 Å². The molecule has 0 unspecified atom stereocenters. The fourth-order valence-electron chi connectivity index (χ4n) is 1.55. The lowest BCUT2D eigenvalue weighted by Gasteiger charge is -2.05. The van der Waals surface area contributed by atoms with Crippen LogP contribution in [-0.2, 0) is 0 Å². The van der Waals surface area contributed by atoms with Crippen LogP contribution < -0.4 is 4.74 Å². The Balaban J connectivity index is 2.56. The highest BCUT2D eigenvalue weighted by atomic mass is 16.6. The summed E-state index contributed by atoms with van der Waals surface area (Å²) in [6.07, 6.45) is -0.980. The van der Waals surface area contributed by atoms with Crippen molar-refractivity contribution in [3.63, 3.8) is 0 Å². The zero-order valence-corrected chi connectivity index (χ0v) is 7.51. The molecule has 2 atom stereocenters. The van der Waals surface area contributed by atoms with Crippen molar-refractivity contribution < 1.29 is 14.8 Å². The van der Waals surface area contributed by atoms with E-state index in [0.29, 0.717) is 5.56 Å². The summed E-state index contributed by atoms with van der Waals surface area (Å²) in [5.74, 6) is -0.0256. The van der Waals surface area contributed by atoms with Gasteiger partial charge in [0.2, 0.25) is 12.0 Å². The van der Waals surface area contributed by atoms with Gasteiger partial charge in [0.25, 0.3) is 0 Å². The van der Waals surface area contributed by atoms with Gasteiger partial charge in [-0.05, 0) is 0 Å². The predicted molar refractivity (Wildman–Crippen MR) is 48.1 cm³/mol. The number of hydrogen-bond acceptors (Lipinski definition) is 4. The molecule has 5 nitrogen and oxygen atoms in total. The normalized spacial score (nSPS) is 24.1.